The first-order valence-electron chi connectivity index (χ1n) is 18.1. The Bertz CT molecular complexity index is 1260. The lowest BCUT2D eigenvalue weighted by molar-refractivity contribution is -0.349. The molecule has 0 aromatic heterocycles. The smallest absolute Gasteiger partial charge is 0.220 e. The molecule has 9 nitrogen and oxygen atoms in total. The van der Waals surface area contributed by atoms with Gasteiger partial charge in [-0.05, 0) is 6.42 Å². The summed E-state index contributed by atoms with van der Waals surface area (Å²) in [5, 5.41) is 13.4. The number of amides is 1. The number of ether oxygens (including phenoxy) is 5. The second kappa shape index (κ2) is 18.4. The minimum Gasteiger partial charge on any atom is -0.394 e. The average Bonchev–Trinajstić information content (AvgIpc) is 3.11. The molecule has 2 aromatic carbocycles. The highest BCUT2D eigenvalue weighted by Gasteiger charge is 2.53. The molecule has 3 fully saturated rings. The van der Waals surface area contributed by atoms with E-state index < -0.39 is 49.0 Å². The van der Waals surface area contributed by atoms with Crippen molar-refractivity contribution in [2.24, 2.45) is 17.8 Å². The number of rotatable bonds is 16. The van der Waals surface area contributed by atoms with Crippen LogP contribution in [0.25, 0.3) is 0 Å². The Balaban J connectivity index is 1.30. The van der Waals surface area contributed by atoms with Crippen molar-refractivity contribution in [2.45, 2.75) is 122 Å². The number of Topliss-reactive ketones (excluding diaryl/α,β-unsaturated/α-hetero) is 1. The van der Waals surface area contributed by atoms with E-state index in [0.717, 1.165) is 24.8 Å². The third kappa shape index (κ3) is 9.31. The van der Waals surface area contributed by atoms with E-state index in [4.69, 9.17) is 23.7 Å². The van der Waals surface area contributed by atoms with Crippen molar-refractivity contribution < 1.29 is 38.4 Å². The summed E-state index contributed by atoms with van der Waals surface area (Å²) in [4.78, 5) is 27.4. The first-order chi connectivity index (χ1) is 23.4. The van der Waals surface area contributed by atoms with Gasteiger partial charge in [-0.3, -0.25) is 9.59 Å². The van der Waals surface area contributed by atoms with Gasteiger partial charge in [0.25, 0.3) is 0 Å². The van der Waals surface area contributed by atoms with E-state index in [9.17, 15) is 14.7 Å². The van der Waals surface area contributed by atoms with Crippen LogP contribution >= 0.6 is 0 Å². The maximum absolute atomic E-state index is 14.2. The van der Waals surface area contributed by atoms with Crippen LogP contribution in [0.15, 0.2) is 60.7 Å². The highest BCUT2D eigenvalue weighted by atomic mass is 16.7. The second-order valence-corrected chi connectivity index (χ2v) is 13.8. The zero-order valence-corrected chi connectivity index (χ0v) is 28.8. The molecule has 3 saturated heterocycles. The van der Waals surface area contributed by atoms with Gasteiger partial charge in [-0.25, -0.2) is 0 Å². The molecule has 264 valence electrons. The predicted octanol–water partition coefficient (Wildman–Crippen LogP) is 6.39. The Morgan fingerprint density at radius 1 is 0.854 bits per heavy atom. The number of carbonyl (C=O) groups excluding carboxylic acids is 2. The highest BCUT2D eigenvalue weighted by Crippen LogP contribution is 2.42. The summed E-state index contributed by atoms with van der Waals surface area (Å²) in [6, 6.07) is 18.4. The van der Waals surface area contributed by atoms with Gasteiger partial charge >= 0.3 is 0 Å². The molecule has 0 aliphatic carbocycles. The fourth-order valence-electron chi connectivity index (χ4n) is 7.33. The summed E-state index contributed by atoms with van der Waals surface area (Å²) >= 11 is 0. The topological polar surface area (TPSA) is 113 Å². The Hall–Kier alpha value is -2.66. The summed E-state index contributed by atoms with van der Waals surface area (Å²) < 4.78 is 32.0. The van der Waals surface area contributed by atoms with E-state index in [2.05, 4.69) is 12.2 Å². The summed E-state index contributed by atoms with van der Waals surface area (Å²) in [6.45, 7) is 6.59. The van der Waals surface area contributed by atoms with Gasteiger partial charge in [-0.1, -0.05) is 126 Å². The molecule has 9 heteroatoms. The maximum atomic E-state index is 14.2. The summed E-state index contributed by atoms with van der Waals surface area (Å²) in [6.07, 6.45) is 6.04. The average molecular weight is 666 g/mol. The van der Waals surface area contributed by atoms with E-state index >= 15 is 0 Å². The van der Waals surface area contributed by atoms with Gasteiger partial charge in [0.2, 0.25) is 5.91 Å². The molecule has 10 atom stereocenters. The van der Waals surface area contributed by atoms with Gasteiger partial charge < -0.3 is 34.1 Å². The number of hydrogen-bond donors (Lipinski definition) is 2. The van der Waals surface area contributed by atoms with Crippen molar-refractivity contribution in [3.8, 4) is 0 Å². The van der Waals surface area contributed by atoms with Crippen LogP contribution in [0.2, 0.25) is 0 Å². The molecule has 3 aliphatic heterocycles. The van der Waals surface area contributed by atoms with E-state index in [1.807, 2.05) is 74.5 Å². The number of benzene rings is 2. The SMILES string of the molecule is CCCCCCCCCCC(=O)N[C@H]1C(CO)OCC(C)[C@H]1O[C@@H]1OC2COC(c3ccccc3)O[C@@H]2[C@H](C)C1C(=O)c1ccccc1. The number of hydrogen-bond acceptors (Lipinski definition) is 8. The Morgan fingerprint density at radius 3 is 2.21 bits per heavy atom. The van der Waals surface area contributed by atoms with Crippen LogP contribution in [0.1, 0.15) is 101 Å². The fourth-order valence-corrected chi connectivity index (χ4v) is 7.33. The van der Waals surface area contributed by atoms with Gasteiger partial charge in [-0.2, -0.15) is 0 Å². The second-order valence-electron chi connectivity index (χ2n) is 13.8. The van der Waals surface area contributed by atoms with Crippen molar-refractivity contribution in [3.05, 3.63) is 71.8 Å². The van der Waals surface area contributed by atoms with Gasteiger partial charge in [0.1, 0.15) is 12.2 Å². The number of nitrogens with one attached hydrogen (secondary N) is 1. The summed E-state index contributed by atoms with van der Waals surface area (Å²) in [5.41, 5.74) is 1.48. The molecule has 3 aliphatic rings. The molecule has 2 N–H and O–H groups in total. The van der Waals surface area contributed by atoms with Crippen LogP contribution < -0.4 is 5.32 Å². The minimum atomic E-state index is -0.925. The van der Waals surface area contributed by atoms with Gasteiger partial charge in [0, 0.05) is 29.4 Å². The molecule has 3 heterocycles. The molecule has 0 spiro atoms. The Morgan fingerprint density at radius 2 is 1.52 bits per heavy atom. The molecule has 5 unspecified atom stereocenters. The number of aliphatic hydroxyl groups excluding tert-OH is 1. The number of carbonyl (C=O) groups is 2. The van der Waals surface area contributed by atoms with E-state index in [1.54, 1.807) is 0 Å². The summed E-state index contributed by atoms with van der Waals surface area (Å²) in [5.74, 6) is -1.26. The number of unbranched alkanes of at least 4 members (excludes halogenated alkanes) is 7. The normalized spacial score (nSPS) is 31.9. The van der Waals surface area contributed by atoms with Crippen LogP contribution in [0.5, 0.6) is 0 Å². The van der Waals surface area contributed by atoms with Crippen molar-refractivity contribution in [1.82, 2.24) is 5.32 Å². The van der Waals surface area contributed by atoms with Gasteiger partial charge in [0.15, 0.2) is 18.4 Å². The minimum absolute atomic E-state index is 0.0910. The van der Waals surface area contributed by atoms with Gasteiger partial charge in [-0.15, -0.1) is 0 Å². The molecular weight excluding hydrogens is 610 g/mol. The van der Waals surface area contributed by atoms with Crippen molar-refractivity contribution in [3.63, 3.8) is 0 Å². The Kier molecular flexibility index (Phi) is 14.0. The molecular formula is C39H55NO8. The predicted molar refractivity (Wildman–Crippen MR) is 182 cm³/mol. The van der Waals surface area contributed by atoms with Crippen LogP contribution in [0.3, 0.4) is 0 Å². The van der Waals surface area contributed by atoms with E-state index in [-0.39, 0.29) is 36.7 Å². The quantitative estimate of drug-likeness (QED) is 0.157. The molecule has 0 saturated carbocycles. The van der Waals surface area contributed by atoms with Crippen LogP contribution in [-0.4, -0.2) is 73.4 Å². The lowest BCUT2D eigenvalue weighted by Gasteiger charge is -2.50. The van der Waals surface area contributed by atoms with Crippen molar-refractivity contribution in [1.29, 1.82) is 0 Å². The zero-order chi connectivity index (χ0) is 33.9. The first kappa shape index (κ1) is 36.6. The molecule has 48 heavy (non-hydrogen) atoms. The highest BCUT2D eigenvalue weighted by molar-refractivity contribution is 5.98. The molecule has 5 rings (SSSR count). The Labute approximate surface area is 286 Å². The molecule has 0 bridgehead atoms. The number of fused-ring (bicyclic) bond motifs is 1. The number of ketones is 1. The van der Waals surface area contributed by atoms with Crippen LogP contribution in [0, 0.1) is 17.8 Å². The standard InChI is InChI=1S/C39H55NO8/c1-4-5-6-7-8-9-10-17-22-32(42)40-34-30(23-41)44-24-26(2)36(34)47-39-33(35(43)28-18-13-11-14-19-28)27(3)37-31(46-39)25-45-38(48-37)29-20-15-12-16-21-29/h11-16,18-21,26-27,30-31,33-34,36-39,41H,4-10,17,22-25H2,1-3H3,(H,40,42)/t26?,27-,30?,31?,33?,34+,36-,37-,38?,39+/m1/s1. The van der Waals surface area contributed by atoms with Crippen LogP contribution in [0.4, 0.5) is 0 Å². The monoisotopic (exact) mass is 665 g/mol. The van der Waals surface area contributed by atoms with Gasteiger partial charge in [0.05, 0.1) is 44.0 Å². The fraction of sp³-hybridized carbons (Fsp3) is 0.641. The lowest BCUT2D eigenvalue weighted by Crippen LogP contribution is -2.63. The first-order valence-corrected chi connectivity index (χ1v) is 18.1. The van der Waals surface area contributed by atoms with Crippen LogP contribution in [-0.2, 0) is 28.5 Å². The third-order valence-corrected chi connectivity index (χ3v) is 10.1. The van der Waals surface area contributed by atoms with E-state index in [0.29, 0.717) is 18.6 Å². The third-order valence-electron chi connectivity index (χ3n) is 10.1. The summed E-state index contributed by atoms with van der Waals surface area (Å²) in [7, 11) is 0. The maximum Gasteiger partial charge on any atom is 0.220 e. The van der Waals surface area contributed by atoms with E-state index in [1.165, 1.54) is 32.1 Å². The lowest BCUT2D eigenvalue weighted by atomic mass is 9.78. The molecule has 0 radical (unpaired) electrons. The molecule has 2 aromatic rings. The largest absolute Gasteiger partial charge is 0.394 e. The van der Waals surface area contributed by atoms with Crippen molar-refractivity contribution >= 4 is 11.7 Å². The van der Waals surface area contributed by atoms with Crippen molar-refractivity contribution in [2.75, 3.05) is 19.8 Å². The molecule has 1 amide bonds. The number of aliphatic hydroxyl groups is 1. The zero-order valence-electron chi connectivity index (χ0n) is 28.8.